The second-order valence-corrected chi connectivity index (χ2v) is 5.38. The molecule has 2 amide bonds. The molecule has 0 aliphatic rings. The van der Waals surface area contributed by atoms with Crippen LogP contribution in [0.15, 0.2) is 24.3 Å². The van der Waals surface area contributed by atoms with Gasteiger partial charge in [-0.3, -0.25) is 9.59 Å². The zero-order valence-corrected chi connectivity index (χ0v) is 13.7. The van der Waals surface area contributed by atoms with Crippen LogP contribution in [0.4, 0.5) is 5.69 Å². The number of nitrogens with zero attached hydrogens (tertiary/aromatic N) is 2. The summed E-state index contributed by atoms with van der Waals surface area (Å²) in [6.07, 6.45) is 0.837. The smallest absolute Gasteiger partial charge is 0.246 e. The maximum absolute atomic E-state index is 12.6. The lowest BCUT2D eigenvalue weighted by Gasteiger charge is -2.30. The van der Waals surface area contributed by atoms with Crippen LogP contribution in [0.25, 0.3) is 0 Å². The largest absolute Gasteiger partial charge is 0.331 e. The van der Waals surface area contributed by atoms with Crippen LogP contribution >= 0.6 is 0 Å². The summed E-state index contributed by atoms with van der Waals surface area (Å²) in [6.45, 7) is 10.2. The fraction of sp³-hybridized carbons (Fsp3) is 0.529. The van der Waals surface area contributed by atoms with Gasteiger partial charge in [0.05, 0.1) is 0 Å². The number of carbonyl (C=O) groups excluding carboxylic acids is 2. The average molecular weight is 290 g/mol. The van der Waals surface area contributed by atoms with E-state index in [-0.39, 0.29) is 24.4 Å². The maximum atomic E-state index is 12.6. The number of aryl methyl sites for hydroxylation is 1. The molecule has 0 fully saturated rings. The standard InChI is InChI=1S/C17H26N2O2/c1-6-14(4)19(15(5)20)12-17(21)18(7-2)16-10-8-9-13(3)11-16/h8-11,14H,6-7,12H2,1-5H3. The fourth-order valence-corrected chi connectivity index (χ4v) is 2.33. The van der Waals surface area contributed by atoms with Gasteiger partial charge in [-0.1, -0.05) is 19.1 Å². The number of benzene rings is 1. The van der Waals surface area contributed by atoms with Crippen molar-refractivity contribution < 1.29 is 9.59 Å². The van der Waals surface area contributed by atoms with E-state index in [2.05, 4.69) is 0 Å². The Balaban J connectivity index is 2.91. The van der Waals surface area contributed by atoms with Crippen LogP contribution in [-0.4, -0.2) is 35.8 Å². The summed E-state index contributed by atoms with van der Waals surface area (Å²) in [6, 6.07) is 7.93. The molecule has 0 N–H and O–H groups in total. The number of rotatable bonds is 6. The molecule has 0 aliphatic carbocycles. The van der Waals surface area contributed by atoms with Crippen molar-refractivity contribution in [3.63, 3.8) is 0 Å². The van der Waals surface area contributed by atoms with Crippen molar-refractivity contribution in [3.8, 4) is 0 Å². The zero-order chi connectivity index (χ0) is 16.0. The Morgan fingerprint density at radius 1 is 1.24 bits per heavy atom. The first-order valence-corrected chi connectivity index (χ1v) is 7.54. The number of hydrogen-bond acceptors (Lipinski definition) is 2. The molecule has 1 rings (SSSR count). The third kappa shape index (κ3) is 4.59. The van der Waals surface area contributed by atoms with Crippen LogP contribution in [0.1, 0.15) is 39.7 Å². The number of amides is 2. The van der Waals surface area contributed by atoms with E-state index >= 15 is 0 Å². The third-order valence-electron chi connectivity index (χ3n) is 3.76. The molecule has 0 aromatic heterocycles. The fourth-order valence-electron chi connectivity index (χ4n) is 2.33. The number of anilines is 1. The summed E-state index contributed by atoms with van der Waals surface area (Å²) in [7, 11) is 0. The first-order chi connectivity index (χ1) is 9.90. The maximum Gasteiger partial charge on any atom is 0.246 e. The number of carbonyl (C=O) groups is 2. The summed E-state index contributed by atoms with van der Waals surface area (Å²) in [5.74, 6) is -0.100. The summed E-state index contributed by atoms with van der Waals surface area (Å²) in [5, 5.41) is 0. The van der Waals surface area contributed by atoms with E-state index in [0.717, 1.165) is 17.7 Å². The first kappa shape index (κ1) is 17.2. The van der Waals surface area contributed by atoms with Gasteiger partial charge < -0.3 is 9.80 Å². The molecule has 0 radical (unpaired) electrons. The van der Waals surface area contributed by atoms with Gasteiger partial charge in [-0.05, 0) is 44.9 Å². The van der Waals surface area contributed by atoms with E-state index in [1.807, 2.05) is 52.0 Å². The molecular formula is C17H26N2O2. The van der Waals surface area contributed by atoms with Crippen LogP contribution in [0, 0.1) is 6.92 Å². The van der Waals surface area contributed by atoms with Gasteiger partial charge in [0, 0.05) is 25.2 Å². The Morgan fingerprint density at radius 2 is 1.90 bits per heavy atom. The molecule has 4 heteroatoms. The van der Waals surface area contributed by atoms with Crippen molar-refractivity contribution in [2.45, 2.75) is 47.1 Å². The molecule has 0 spiro atoms. The minimum absolute atomic E-state index is 0.0430. The SMILES string of the molecule is CCC(C)N(CC(=O)N(CC)c1cccc(C)c1)C(C)=O. The van der Waals surface area contributed by atoms with E-state index in [4.69, 9.17) is 0 Å². The molecular weight excluding hydrogens is 264 g/mol. The molecule has 0 heterocycles. The Labute approximate surface area is 127 Å². The Bertz CT molecular complexity index is 499. The van der Waals surface area contributed by atoms with Crippen LogP contribution < -0.4 is 4.90 Å². The van der Waals surface area contributed by atoms with Crippen molar-refractivity contribution in [2.75, 3.05) is 18.0 Å². The molecule has 0 saturated carbocycles. The molecule has 0 bridgehead atoms. The quantitative estimate of drug-likeness (QED) is 0.808. The van der Waals surface area contributed by atoms with Gasteiger partial charge in [0.15, 0.2) is 0 Å². The second kappa shape index (κ2) is 7.81. The normalized spacial score (nSPS) is 11.9. The molecule has 1 atom stereocenters. The van der Waals surface area contributed by atoms with Crippen molar-refractivity contribution >= 4 is 17.5 Å². The predicted octanol–water partition coefficient (Wildman–Crippen LogP) is 2.99. The van der Waals surface area contributed by atoms with E-state index in [1.54, 1.807) is 9.80 Å². The average Bonchev–Trinajstić information content (AvgIpc) is 2.44. The topological polar surface area (TPSA) is 40.6 Å². The van der Waals surface area contributed by atoms with Crippen LogP contribution in [-0.2, 0) is 9.59 Å². The Hall–Kier alpha value is -1.84. The summed E-state index contributed by atoms with van der Waals surface area (Å²) in [4.78, 5) is 27.7. The molecule has 116 valence electrons. The van der Waals surface area contributed by atoms with E-state index in [0.29, 0.717) is 6.54 Å². The van der Waals surface area contributed by atoms with Gasteiger partial charge in [0.25, 0.3) is 0 Å². The molecule has 0 saturated heterocycles. The van der Waals surface area contributed by atoms with Gasteiger partial charge in [-0.2, -0.15) is 0 Å². The van der Waals surface area contributed by atoms with Crippen LogP contribution in [0.2, 0.25) is 0 Å². The second-order valence-electron chi connectivity index (χ2n) is 5.38. The lowest BCUT2D eigenvalue weighted by molar-refractivity contribution is -0.135. The monoisotopic (exact) mass is 290 g/mol. The summed E-state index contributed by atoms with van der Waals surface area (Å²) < 4.78 is 0. The summed E-state index contributed by atoms with van der Waals surface area (Å²) in [5.41, 5.74) is 2.00. The lowest BCUT2D eigenvalue weighted by Crippen LogP contribution is -2.45. The highest BCUT2D eigenvalue weighted by atomic mass is 16.2. The van der Waals surface area contributed by atoms with Gasteiger partial charge >= 0.3 is 0 Å². The van der Waals surface area contributed by atoms with Gasteiger partial charge in [0.1, 0.15) is 6.54 Å². The van der Waals surface area contributed by atoms with Crippen molar-refractivity contribution in [3.05, 3.63) is 29.8 Å². The van der Waals surface area contributed by atoms with Crippen LogP contribution in [0.5, 0.6) is 0 Å². The van der Waals surface area contributed by atoms with Gasteiger partial charge in [0.2, 0.25) is 11.8 Å². The van der Waals surface area contributed by atoms with Gasteiger partial charge in [-0.15, -0.1) is 0 Å². The molecule has 4 nitrogen and oxygen atoms in total. The highest BCUT2D eigenvalue weighted by molar-refractivity contribution is 5.96. The van der Waals surface area contributed by atoms with Crippen molar-refractivity contribution in [1.82, 2.24) is 4.90 Å². The minimum Gasteiger partial charge on any atom is -0.331 e. The Kier molecular flexibility index (Phi) is 6.40. The molecule has 0 aliphatic heterocycles. The number of hydrogen-bond donors (Lipinski definition) is 0. The van der Waals surface area contributed by atoms with Crippen LogP contribution in [0.3, 0.4) is 0 Å². The minimum atomic E-state index is -0.0574. The molecule has 1 aromatic rings. The predicted molar refractivity (Wildman–Crippen MR) is 86.3 cm³/mol. The molecule has 21 heavy (non-hydrogen) atoms. The zero-order valence-electron chi connectivity index (χ0n) is 13.7. The highest BCUT2D eigenvalue weighted by Gasteiger charge is 2.22. The van der Waals surface area contributed by atoms with E-state index in [1.165, 1.54) is 6.92 Å². The molecule has 1 aromatic carbocycles. The van der Waals surface area contributed by atoms with E-state index < -0.39 is 0 Å². The Morgan fingerprint density at radius 3 is 2.38 bits per heavy atom. The highest BCUT2D eigenvalue weighted by Crippen LogP contribution is 2.16. The number of likely N-dealkylation sites (N-methyl/N-ethyl adjacent to an activating group) is 1. The lowest BCUT2D eigenvalue weighted by atomic mass is 10.2. The first-order valence-electron chi connectivity index (χ1n) is 7.54. The van der Waals surface area contributed by atoms with Crippen molar-refractivity contribution in [1.29, 1.82) is 0 Å². The van der Waals surface area contributed by atoms with Gasteiger partial charge in [-0.25, -0.2) is 0 Å². The summed E-state index contributed by atoms with van der Waals surface area (Å²) >= 11 is 0. The van der Waals surface area contributed by atoms with Crippen molar-refractivity contribution in [2.24, 2.45) is 0 Å². The molecule has 1 unspecified atom stereocenters. The van der Waals surface area contributed by atoms with E-state index in [9.17, 15) is 9.59 Å². The third-order valence-corrected chi connectivity index (χ3v) is 3.76.